The molecule has 2 amide bonds. The van der Waals surface area contributed by atoms with Gasteiger partial charge < -0.3 is 15.0 Å². The average molecular weight is 311 g/mol. The summed E-state index contributed by atoms with van der Waals surface area (Å²) in [4.78, 5) is 27.2. The average Bonchev–Trinajstić information content (AvgIpc) is 2.80. The molecule has 0 aliphatic carbocycles. The molecule has 126 valence electrons. The van der Waals surface area contributed by atoms with E-state index in [-0.39, 0.29) is 18.5 Å². The first-order valence-electron chi connectivity index (χ1n) is 8.24. The summed E-state index contributed by atoms with van der Waals surface area (Å²) in [7, 11) is 0. The number of ether oxygens (including phenoxy) is 1. The van der Waals surface area contributed by atoms with Crippen LogP contribution in [0.5, 0.6) is 0 Å². The maximum Gasteiger partial charge on any atom is 0.410 e. The first-order chi connectivity index (χ1) is 10.3. The van der Waals surface area contributed by atoms with E-state index in [1.54, 1.807) is 0 Å². The Bertz CT molecular complexity index is 406. The Morgan fingerprint density at radius 1 is 1.36 bits per heavy atom. The van der Waals surface area contributed by atoms with Crippen LogP contribution in [-0.4, -0.2) is 67.7 Å². The Morgan fingerprint density at radius 2 is 2.14 bits per heavy atom. The molecule has 22 heavy (non-hydrogen) atoms. The van der Waals surface area contributed by atoms with E-state index >= 15 is 0 Å². The van der Waals surface area contributed by atoms with Gasteiger partial charge in [0.25, 0.3) is 0 Å². The van der Waals surface area contributed by atoms with Gasteiger partial charge in [-0.2, -0.15) is 0 Å². The summed E-state index contributed by atoms with van der Waals surface area (Å²) >= 11 is 0. The van der Waals surface area contributed by atoms with Crippen LogP contribution in [0, 0.1) is 11.3 Å². The zero-order chi connectivity index (χ0) is 16.2. The number of nitrogens with one attached hydrogen (secondary N) is 1. The Morgan fingerprint density at radius 3 is 2.77 bits per heavy atom. The van der Waals surface area contributed by atoms with Gasteiger partial charge in [0.05, 0.1) is 6.54 Å². The number of carbonyl (C=O) groups excluding carboxylic acids is 2. The van der Waals surface area contributed by atoms with E-state index in [1.165, 1.54) is 11.3 Å². The topological polar surface area (TPSA) is 61.9 Å². The van der Waals surface area contributed by atoms with Gasteiger partial charge in [0, 0.05) is 19.6 Å². The van der Waals surface area contributed by atoms with Crippen molar-refractivity contribution in [3.05, 3.63) is 0 Å². The van der Waals surface area contributed by atoms with Crippen molar-refractivity contribution in [3.63, 3.8) is 0 Å². The third-order valence-corrected chi connectivity index (χ3v) is 4.07. The minimum absolute atomic E-state index is 0.0909. The maximum atomic E-state index is 11.9. The smallest absolute Gasteiger partial charge is 0.410 e. The SMILES string of the molecule is CC(C)(C)CN1CCC[C@@H](CNC(=O)CN2CCOC2=O)C1. The van der Waals surface area contributed by atoms with Crippen molar-refractivity contribution in [1.29, 1.82) is 0 Å². The van der Waals surface area contributed by atoms with Gasteiger partial charge in [-0.25, -0.2) is 4.79 Å². The molecule has 2 heterocycles. The minimum atomic E-state index is -0.385. The standard InChI is InChI=1S/C16H29N3O3/c1-16(2,3)12-18-6-4-5-13(10-18)9-17-14(20)11-19-7-8-22-15(19)21/h13H,4-12H2,1-3H3,(H,17,20)/t13-/m0/s1. The number of cyclic esters (lactones) is 1. The van der Waals surface area contributed by atoms with E-state index < -0.39 is 0 Å². The summed E-state index contributed by atoms with van der Waals surface area (Å²) in [6.45, 7) is 11.8. The molecule has 6 nitrogen and oxygen atoms in total. The molecule has 0 aromatic carbocycles. The van der Waals surface area contributed by atoms with Crippen LogP contribution in [0.2, 0.25) is 0 Å². The van der Waals surface area contributed by atoms with Crippen LogP contribution < -0.4 is 5.32 Å². The first kappa shape index (κ1) is 17.1. The van der Waals surface area contributed by atoms with Crippen LogP contribution in [0.3, 0.4) is 0 Å². The quantitative estimate of drug-likeness (QED) is 0.832. The van der Waals surface area contributed by atoms with Crippen LogP contribution in [0.4, 0.5) is 4.79 Å². The second-order valence-corrected chi connectivity index (χ2v) is 7.64. The Labute approximate surface area is 133 Å². The molecule has 0 spiro atoms. The van der Waals surface area contributed by atoms with Gasteiger partial charge in [0.1, 0.15) is 13.2 Å². The Balaban J connectivity index is 1.69. The number of hydrogen-bond donors (Lipinski definition) is 1. The highest BCUT2D eigenvalue weighted by Crippen LogP contribution is 2.21. The lowest BCUT2D eigenvalue weighted by atomic mass is 9.92. The molecule has 0 unspecified atom stereocenters. The van der Waals surface area contributed by atoms with Crippen molar-refractivity contribution in [2.45, 2.75) is 33.6 Å². The van der Waals surface area contributed by atoms with E-state index in [0.29, 0.717) is 31.0 Å². The molecule has 1 atom stereocenters. The highest BCUT2D eigenvalue weighted by Gasteiger charge is 2.26. The van der Waals surface area contributed by atoms with E-state index in [2.05, 4.69) is 31.0 Å². The second kappa shape index (κ2) is 7.31. The van der Waals surface area contributed by atoms with Crippen LogP contribution in [0.15, 0.2) is 0 Å². The largest absolute Gasteiger partial charge is 0.448 e. The molecule has 2 fully saturated rings. The van der Waals surface area contributed by atoms with Gasteiger partial charge in [-0.05, 0) is 30.7 Å². The number of rotatable bonds is 5. The van der Waals surface area contributed by atoms with Gasteiger partial charge in [-0.1, -0.05) is 20.8 Å². The van der Waals surface area contributed by atoms with Crippen molar-refractivity contribution >= 4 is 12.0 Å². The van der Waals surface area contributed by atoms with Gasteiger partial charge in [0.2, 0.25) is 5.91 Å². The first-order valence-corrected chi connectivity index (χ1v) is 8.24. The highest BCUT2D eigenvalue weighted by molar-refractivity contribution is 5.82. The molecule has 2 aliphatic rings. The number of amides is 2. The number of hydrogen-bond acceptors (Lipinski definition) is 4. The molecule has 0 aromatic rings. The molecule has 2 aliphatic heterocycles. The fraction of sp³-hybridized carbons (Fsp3) is 0.875. The van der Waals surface area contributed by atoms with Crippen molar-refractivity contribution in [1.82, 2.24) is 15.1 Å². The number of piperidine rings is 1. The highest BCUT2D eigenvalue weighted by atomic mass is 16.6. The van der Waals surface area contributed by atoms with Gasteiger partial charge in [-0.15, -0.1) is 0 Å². The van der Waals surface area contributed by atoms with Crippen LogP contribution in [0.1, 0.15) is 33.6 Å². The number of likely N-dealkylation sites (tertiary alicyclic amines) is 1. The normalized spacial score (nSPS) is 23.5. The van der Waals surface area contributed by atoms with Crippen LogP contribution >= 0.6 is 0 Å². The van der Waals surface area contributed by atoms with Crippen LogP contribution in [0.25, 0.3) is 0 Å². The minimum Gasteiger partial charge on any atom is -0.448 e. The van der Waals surface area contributed by atoms with E-state index in [4.69, 9.17) is 4.74 Å². The summed E-state index contributed by atoms with van der Waals surface area (Å²) in [6, 6.07) is 0. The van der Waals surface area contributed by atoms with Gasteiger partial charge >= 0.3 is 6.09 Å². The zero-order valence-electron chi connectivity index (χ0n) is 14.1. The molecule has 0 bridgehead atoms. The molecule has 0 saturated carbocycles. The number of carbonyl (C=O) groups is 2. The summed E-state index contributed by atoms with van der Waals surface area (Å²) in [5.74, 6) is 0.414. The lowest BCUT2D eigenvalue weighted by Crippen LogP contribution is -2.45. The predicted molar refractivity (Wildman–Crippen MR) is 84.5 cm³/mol. The second-order valence-electron chi connectivity index (χ2n) is 7.64. The lowest BCUT2D eigenvalue weighted by molar-refractivity contribution is -0.121. The Kier molecular flexibility index (Phi) is 5.67. The molecule has 0 aromatic heterocycles. The predicted octanol–water partition coefficient (Wildman–Crippen LogP) is 1.31. The lowest BCUT2D eigenvalue weighted by Gasteiger charge is -2.36. The molecule has 0 radical (unpaired) electrons. The van der Waals surface area contributed by atoms with Crippen LogP contribution in [-0.2, 0) is 9.53 Å². The van der Waals surface area contributed by atoms with Crippen molar-refractivity contribution < 1.29 is 14.3 Å². The van der Waals surface area contributed by atoms with Gasteiger partial charge in [-0.3, -0.25) is 9.69 Å². The van der Waals surface area contributed by atoms with E-state index in [1.807, 2.05) is 0 Å². The van der Waals surface area contributed by atoms with E-state index in [9.17, 15) is 9.59 Å². The zero-order valence-corrected chi connectivity index (χ0v) is 14.1. The molecular weight excluding hydrogens is 282 g/mol. The maximum absolute atomic E-state index is 11.9. The third kappa shape index (κ3) is 5.48. The summed E-state index contributed by atoms with van der Waals surface area (Å²) < 4.78 is 4.82. The van der Waals surface area contributed by atoms with Crippen molar-refractivity contribution in [2.75, 3.05) is 45.9 Å². The summed E-state index contributed by atoms with van der Waals surface area (Å²) in [6.07, 6.45) is 1.96. The molecule has 2 saturated heterocycles. The number of nitrogens with zero attached hydrogens (tertiary/aromatic N) is 2. The monoisotopic (exact) mass is 311 g/mol. The van der Waals surface area contributed by atoms with Gasteiger partial charge in [0.15, 0.2) is 0 Å². The fourth-order valence-electron chi connectivity index (χ4n) is 3.19. The molecule has 6 heteroatoms. The van der Waals surface area contributed by atoms with Crippen molar-refractivity contribution in [3.8, 4) is 0 Å². The summed E-state index contributed by atoms with van der Waals surface area (Å²) in [5, 5.41) is 2.97. The molecule has 1 N–H and O–H groups in total. The molecule has 2 rings (SSSR count). The van der Waals surface area contributed by atoms with E-state index in [0.717, 1.165) is 26.1 Å². The molecular formula is C16H29N3O3. The third-order valence-electron chi connectivity index (χ3n) is 4.07. The summed E-state index contributed by atoms with van der Waals surface area (Å²) in [5.41, 5.74) is 0.307. The van der Waals surface area contributed by atoms with Crippen molar-refractivity contribution in [2.24, 2.45) is 11.3 Å². The fourth-order valence-corrected chi connectivity index (χ4v) is 3.19. The Hall–Kier alpha value is -1.30.